The molecule has 0 fully saturated rings. The number of halogens is 6. The van der Waals surface area contributed by atoms with Gasteiger partial charge < -0.3 is 64.4 Å². The van der Waals surface area contributed by atoms with Gasteiger partial charge in [-0.3, -0.25) is 9.97 Å². The van der Waals surface area contributed by atoms with Gasteiger partial charge in [-0.15, -0.1) is 0 Å². The second-order valence-electron chi connectivity index (χ2n) is 13.4. The van der Waals surface area contributed by atoms with Gasteiger partial charge in [0.15, 0.2) is 5.69 Å². The van der Waals surface area contributed by atoms with Crippen molar-refractivity contribution in [3.05, 3.63) is 146 Å². The quantitative estimate of drug-likeness (QED) is 0.0614. The van der Waals surface area contributed by atoms with Crippen molar-refractivity contribution in [1.82, 2.24) is 15.1 Å². The van der Waals surface area contributed by atoms with E-state index in [1.807, 2.05) is 0 Å². The molecule has 74 heavy (non-hydrogen) atoms. The summed E-state index contributed by atoms with van der Waals surface area (Å²) < 4.78 is 84.8. The van der Waals surface area contributed by atoms with Crippen molar-refractivity contribution in [3.8, 4) is 0 Å². The third-order valence-electron chi connectivity index (χ3n) is 8.58. The number of hydrogen-bond acceptors (Lipinski definition) is 16. The van der Waals surface area contributed by atoms with Crippen LogP contribution in [0.4, 0.5) is 26.3 Å². The molecule has 0 aliphatic heterocycles. The molecule has 0 saturated carbocycles. The monoisotopic (exact) mass is 1050 g/mol. The molecule has 10 N–H and O–H groups in total. The maximum atomic E-state index is 12.1. The van der Waals surface area contributed by atoms with Crippen LogP contribution in [0.25, 0.3) is 21.8 Å². The summed E-state index contributed by atoms with van der Waals surface area (Å²) in [6.45, 7) is 1.49. The van der Waals surface area contributed by atoms with E-state index in [0.717, 1.165) is 6.07 Å². The molecule has 0 unspecified atom stereocenters. The van der Waals surface area contributed by atoms with Crippen LogP contribution in [0.3, 0.4) is 0 Å². The van der Waals surface area contributed by atoms with E-state index in [9.17, 15) is 74.3 Å². The molecule has 32 heteroatoms. The average Bonchev–Trinajstić information content (AvgIpc) is 4.09. The summed E-state index contributed by atoms with van der Waals surface area (Å²) in [4.78, 5) is 114. The fraction of sp³-hybridized carbons (Fsp3) is 0.0714. The van der Waals surface area contributed by atoms with Crippen molar-refractivity contribution in [2.45, 2.75) is 19.3 Å². The Morgan fingerprint density at radius 3 is 1.46 bits per heavy atom. The van der Waals surface area contributed by atoms with Gasteiger partial charge in [-0.1, -0.05) is 29.4 Å². The van der Waals surface area contributed by atoms with Gasteiger partial charge >= 0.3 is 72.0 Å². The number of carboxylic acid groups (broad SMARTS) is 10. The van der Waals surface area contributed by atoms with Crippen LogP contribution in [0.2, 0.25) is 0 Å². The molecule has 0 amide bonds. The zero-order chi connectivity index (χ0) is 56.3. The number of furan rings is 2. The van der Waals surface area contributed by atoms with Crippen LogP contribution >= 0.6 is 0 Å². The van der Waals surface area contributed by atoms with E-state index < -0.39 is 117 Å². The van der Waals surface area contributed by atoms with E-state index in [-0.39, 0.29) is 34.2 Å². The Morgan fingerprint density at radius 2 is 1.03 bits per heavy atom. The molecule has 7 aromatic rings. The first-order valence-electron chi connectivity index (χ1n) is 18.7. The predicted octanol–water partition coefficient (Wildman–Crippen LogP) is 7.03. The topological polar surface area (TPSA) is 451 Å². The second kappa shape index (κ2) is 23.3. The zero-order valence-corrected chi connectivity index (χ0v) is 35.8. The number of aryl methyl sites for hydroxylation is 1. The highest BCUT2D eigenvalue weighted by Crippen LogP contribution is 2.35. The lowest BCUT2D eigenvalue weighted by Crippen LogP contribution is -2.13. The molecule has 2 aromatic carbocycles. The van der Waals surface area contributed by atoms with Crippen LogP contribution in [-0.4, -0.2) is 126 Å². The number of carbonyl (C=O) groups is 10. The lowest BCUT2D eigenvalue weighted by Gasteiger charge is -2.08. The van der Waals surface area contributed by atoms with Crippen LogP contribution in [0, 0.1) is 6.92 Å². The highest BCUT2D eigenvalue weighted by molar-refractivity contribution is 6.11. The number of benzene rings is 2. The number of aromatic carboxylic acids is 10. The summed E-state index contributed by atoms with van der Waals surface area (Å²) in [5.41, 5.74) is -3.28. The molecule has 5 aromatic heterocycles. The van der Waals surface area contributed by atoms with Crippen LogP contribution in [-0.2, 0) is 12.4 Å². The normalized spacial score (nSPS) is 10.6. The van der Waals surface area contributed by atoms with Crippen molar-refractivity contribution in [3.63, 3.8) is 0 Å². The van der Waals surface area contributed by atoms with E-state index in [4.69, 9.17) is 51.1 Å². The van der Waals surface area contributed by atoms with Gasteiger partial charge in [-0.25, -0.2) is 47.9 Å². The minimum absolute atomic E-state index is 0.0857. The molecule has 0 bridgehead atoms. The van der Waals surface area contributed by atoms with Gasteiger partial charge in [-0.2, -0.15) is 26.3 Å². The largest absolute Gasteiger partial charge is 0.478 e. The van der Waals surface area contributed by atoms with Crippen molar-refractivity contribution < 1.29 is 139 Å². The summed E-state index contributed by atoms with van der Waals surface area (Å²) in [5.74, 6) is -20.0. The van der Waals surface area contributed by atoms with Crippen molar-refractivity contribution in [2.24, 2.45) is 0 Å². The molecule has 0 radical (unpaired) electrons. The molecule has 0 aliphatic rings. The van der Waals surface area contributed by atoms with E-state index >= 15 is 0 Å². The fourth-order valence-corrected chi connectivity index (χ4v) is 5.57. The number of nitrogens with zero attached hydrogens (tertiary/aromatic N) is 3. The first-order valence-corrected chi connectivity index (χ1v) is 18.7. The van der Waals surface area contributed by atoms with Crippen molar-refractivity contribution in [2.75, 3.05) is 0 Å². The maximum Gasteiger partial charge on any atom is 0.450 e. The smallest absolute Gasteiger partial charge is 0.450 e. The number of aromatic nitrogens is 3. The predicted molar refractivity (Wildman–Crippen MR) is 222 cm³/mol. The molecular weight excluding hydrogens is 1030 g/mol. The zero-order valence-electron chi connectivity index (χ0n) is 35.8. The van der Waals surface area contributed by atoms with Crippen LogP contribution in [0.15, 0.2) is 86.5 Å². The van der Waals surface area contributed by atoms with Gasteiger partial charge in [0.25, 0.3) is 0 Å². The highest BCUT2D eigenvalue weighted by Gasteiger charge is 2.43. The van der Waals surface area contributed by atoms with Gasteiger partial charge in [0.2, 0.25) is 23.0 Å². The number of hydrogen-bond donors (Lipinski definition) is 10. The second-order valence-corrected chi connectivity index (χ2v) is 13.4. The number of fused-ring (bicyclic) bond motifs is 2. The SMILES string of the molecule is Cc1nc2ccccc2c(C(=O)O)c1C(=O)O.O=C(O)c1cc(C(=O)O)c(C(F)(F)F)o1.O=C(O)c1cc(C(=O)O)on1.O=C(O)c1ccc2c(C(=O)O)ccnc2c1.O=C(O)c1coc(C(F)(F)F)c1C(=O)O. The molecule has 0 spiro atoms. The highest BCUT2D eigenvalue weighted by atomic mass is 19.4. The Balaban J connectivity index is 0.000000245. The summed E-state index contributed by atoms with van der Waals surface area (Å²) in [6, 6.07) is 13.3. The molecular formula is C42H25F6N3O23. The maximum absolute atomic E-state index is 12.1. The molecule has 0 saturated heterocycles. The fourth-order valence-electron chi connectivity index (χ4n) is 5.57. The van der Waals surface area contributed by atoms with Gasteiger partial charge in [0.1, 0.15) is 23.0 Å². The average molecular weight is 1050 g/mol. The third kappa shape index (κ3) is 14.2. The van der Waals surface area contributed by atoms with E-state index in [0.29, 0.717) is 27.9 Å². The standard InChI is InChI=1S/C12H9NO4.C11H7NO4.2C7H3F3O5.C5H3NO5/c1-6-9(11(14)15)10(12(16)17)7-4-2-3-5-8(7)13-6;13-10(14)6-1-2-7-8(11(15)16)3-4-12-9(7)5-6;8-7(9,10)4-3(6(13)14)2(1-15-4)5(11)12;8-7(9,10)4-2(5(11)12)1-3(15-4)6(13)14;7-4(8)2-1-3(5(9)10)11-6-2/h2-5H,1H3,(H,14,15)(H,16,17);1-5H,(H,13,14)(H,15,16);2*1H,(H,11,12)(H,13,14);1H,(H,7,8)(H,9,10). The van der Waals surface area contributed by atoms with Crippen molar-refractivity contribution in [1.29, 1.82) is 0 Å². The Morgan fingerprint density at radius 1 is 0.486 bits per heavy atom. The van der Waals surface area contributed by atoms with E-state index in [1.165, 1.54) is 37.4 Å². The van der Waals surface area contributed by atoms with Crippen LogP contribution in [0.1, 0.15) is 121 Å². The first-order chi connectivity index (χ1) is 34.2. The number of para-hydroxylation sites is 1. The van der Waals surface area contributed by atoms with E-state index in [1.54, 1.807) is 24.3 Å². The number of pyridine rings is 2. The van der Waals surface area contributed by atoms with Crippen LogP contribution < -0.4 is 0 Å². The van der Waals surface area contributed by atoms with Crippen LogP contribution in [0.5, 0.6) is 0 Å². The Kier molecular flexibility index (Phi) is 18.1. The molecule has 5 heterocycles. The molecule has 26 nitrogen and oxygen atoms in total. The Bertz CT molecular complexity index is 3350. The summed E-state index contributed by atoms with van der Waals surface area (Å²) in [7, 11) is 0. The number of alkyl halides is 6. The Labute approximate surface area is 400 Å². The summed E-state index contributed by atoms with van der Waals surface area (Å²) in [5, 5.41) is 89.7. The number of carboxylic acids is 10. The summed E-state index contributed by atoms with van der Waals surface area (Å²) in [6.07, 6.45) is -8.49. The lowest BCUT2D eigenvalue weighted by atomic mass is 10.0. The summed E-state index contributed by atoms with van der Waals surface area (Å²) >= 11 is 0. The third-order valence-corrected chi connectivity index (χ3v) is 8.58. The molecule has 0 atom stereocenters. The van der Waals surface area contributed by atoms with Gasteiger partial charge in [0.05, 0.1) is 39.0 Å². The molecule has 388 valence electrons. The minimum atomic E-state index is -5.04. The van der Waals surface area contributed by atoms with Gasteiger partial charge in [-0.05, 0) is 31.2 Å². The molecule has 7 rings (SSSR count). The number of rotatable bonds is 10. The first kappa shape index (κ1) is 57.6. The lowest BCUT2D eigenvalue weighted by molar-refractivity contribution is -0.154. The van der Waals surface area contributed by atoms with Gasteiger partial charge in [0, 0.05) is 29.1 Å². The van der Waals surface area contributed by atoms with E-state index in [2.05, 4.69) is 28.5 Å². The molecule has 0 aliphatic carbocycles. The Hall–Kier alpha value is -10.7. The van der Waals surface area contributed by atoms with Crippen molar-refractivity contribution >= 4 is 81.5 Å². The minimum Gasteiger partial charge on any atom is -0.478 e.